The minimum Gasteiger partial charge on any atom is -0.369 e. The number of nitrogens with one attached hydrogen (secondary N) is 1. The molecule has 1 atom stereocenters. The van der Waals surface area contributed by atoms with E-state index in [9.17, 15) is 4.79 Å². The number of hydrogen-bond donors (Lipinski definition) is 2. The molecule has 5 nitrogen and oxygen atoms in total. The van der Waals surface area contributed by atoms with Crippen LogP contribution in [0.2, 0.25) is 0 Å². The Hall–Kier alpha value is -3.08. The fourth-order valence-electron chi connectivity index (χ4n) is 3.39. The van der Waals surface area contributed by atoms with E-state index in [2.05, 4.69) is 28.2 Å². The maximum atomic E-state index is 12.8. The lowest BCUT2D eigenvalue weighted by Gasteiger charge is -2.30. The maximum Gasteiger partial charge on any atom is 0.238 e. The van der Waals surface area contributed by atoms with Gasteiger partial charge in [0.1, 0.15) is 0 Å². The number of amides is 1. The third-order valence-corrected chi connectivity index (χ3v) is 4.83. The van der Waals surface area contributed by atoms with Gasteiger partial charge < -0.3 is 10.6 Å². The summed E-state index contributed by atoms with van der Waals surface area (Å²) >= 11 is 0. The molecule has 0 aliphatic carbocycles. The first-order valence-corrected chi connectivity index (χ1v) is 9.93. The number of carbonyl (C=O) groups is 1. The molecule has 0 spiro atoms. The number of fused-ring (bicyclic) bond motifs is 1. The van der Waals surface area contributed by atoms with Crippen LogP contribution in [-0.4, -0.2) is 18.4 Å². The molecule has 3 rings (SSSR count). The number of carbonyl (C=O) groups excluding carboxylic acids is 1. The van der Waals surface area contributed by atoms with Crippen LogP contribution in [0.1, 0.15) is 44.1 Å². The highest BCUT2D eigenvalue weighted by molar-refractivity contribution is 6.01. The number of nitrogens with zero attached hydrogens (tertiary/aromatic N) is 2. The Bertz CT molecular complexity index is 845. The number of anilines is 1. The summed E-state index contributed by atoms with van der Waals surface area (Å²) in [6.45, 7) is 3.17. The number of unbranched alkanes of at least 4 members (excludes halogenated alkanes) is 3. The largest absolute Gasteiger partial charge is 0.369 e. The molecule has 28 heavy (non-hydrogen) atoms. The Morgan fingerprint density at radius 2 is 1.82 bits per heavy atom. The third-order valence-electron chi connectivity index (χ3n) is 4.83. The molecule has 1 heterocycles. The van der Waals surface area contributed by atoms with Crippen molar-refractivity contribution in [3.05, 3.63) is 72.4 Å². The molecule has 1 amide bonds. The average Bonchev–Trinajstić information content (AvgIpc) is 2.71. The summed E-state index contributed by atoms with van der Waals surface area (Å²) in [5, 5.41) is 2.73. The lowest BCUT2D eigenvalue weighted by molar-refractivity contribution is -0.120. The third kappa shape index (κ3) is 5.00. The van der Waals surface area contributed by atoms with Crippen LogP contribution in [0.3, 0.4) is 0 Å². The molecule has 146 valence electrons. The molecule has 2 aromatic carbocycles. The van der Waals surface area contributed by atoms with Crippen LogP contribution < -0.4 is 16.0 Å². The first kappa shape index (κ1) is 19.7. The molecule has 0 aromatic heterocycles. The molecule has 1 aliphatic heterocycles. The van der Waals surface area contributed by atoms with Crippen molar-refractivity contribution in [2.45, 2.75) is 38.5 Å². The standard InChI is InChI=1S/C23H28N4O/c1-2-3-4-10-16-27-17-15-20(19-13-8-9-14-21(19)27)22(28)26-23(24)25-18-11-6-5-7-12-18/h5-9,11-15,17,20H,2-4,10,16H2,1H3,(H3,24,25,26,28). The second-order valence-corrected chi connectivity index (χ2v) is 6.95. The van der Waals surface area contributed by atoms with Gasteiger partial charge in [0.05, 0.1) is 11.6 Å². The van der Waals surface area contributed by atoms with Crippen LogP contribution in [0, 0.1) is 0 Å². The summed E-state index contributed by atoms with van der Waals surface area (Å²) in [6.07, 6.45) is 8.79. The highest BCUT2D eigenvalue weighted by Crippen LogP contribution is 2.33. The summed E-state index contributed by atoms with van der Waals surface area (Å²) < 4.78 is 0. The minimum absolute atomic E-state index is 0.101. The van der Waals surface area contributed by atoms with Crippen LogP contribution in [0.25, 0.3) is 0 Å². The normalized spacial score (nSPS) is 16.0. The molecule has 0 fully saturated rings. The van der Waals surface area contributed by atoms with Gasteiger partial charge in [0, 0.05) is 18.4 Å². The van der Waals surface area contributed by atoms with Crippen molar-refractivity contribution in [2.75, 3.05) is 11.4 Å². The molecule has 0 saturated carbocycles. The monoisotopic (exact) mass is 376 g/mol. The van der Waals surface area contributed by atoms with Gasteiger partial charge in [-0.2, -0.15) is 0 Å². The van der Waals surface area contributed by atoms with Crippen LogP contribution in [0.4, 0.5) is 11.4 Å². The summed E-state index contributed by atoms with van der Waals surface area (Å²) in [5.41, 5.74) is 8.72. The van der Waals surface area contributed by atoms with Crippen molar-refractivity contribution in [1.82, 2.24) is 5.32 Å². The Morgan fingerprint density at radius 3 is 2.61 bits per heavy atom. The van der Waals surface area contributed by atoms with Gasteiger partial charge in [-0.15, -0.1) is 0 Å². The predicted octanol–water partition coefficient (Wildman–Crippen LogP) is 4.45. The molecule has 3 N–H and O–H groups in total. The Kier molecular flexibility index (Phi) is 6.84. The first-order valence-electron chi connectivity index (χ1n) is 9.93. The van der Waals surface area contributed by atoms with E-state index in [4.69, 9.17) is 5.73 Å². The van der Waals surface area contributed by atoms with Crippen LogP contribution in [0.5, 0.6) is 0 Å². The van der Waals surface area contributed by atoms with E-state index < -0.39 is 0 Å². The summed E-state index contributed by atoms with van der Waals surface area (Å²) in [5.74, 6) is -0.455. The molecular weight excluding hydrogens is 348 g/mol. The van der Waals surface area contributed by atoms with Gasteiger partial charge in [-0.3, -0.25) is 10.1 Å². The zero-order valence-electron chi connectivity index (χ0n) is 16.3. The summed E-state index contributed by atoms with van der Waals surface area (Å²) in [6, 6.07) is 17.4. The van der Waals surface area contributed by atoms with E-state index in [1.807, 2.05) is 60.8 Å². The number of guanidine groups is 1. The predicted molar refractivity (Wildman–Crippen MR) is 116 cm³/mol. The molecule has 0 bridgehead atoms. The van der Waals surface area contributed by atoms with Crippen molar-refractivity contribution in [1.29, 1.82) is 0 Å². The van der Waals surface area contributed by atoms with E-state index in [1.165, 1.54) is 19.3 Å². The number of para-hydroxylation sites is 2. The zero-order chi connectivity index (χ0) is 19.8. The Morgan fingerprint density at radius 1 is 1.07 bits per heavy atom. The van der Waals surface area contributed by atoms with Crippen LogP contribution in [-0.2, 0) is 4.79 Å². The minimum atomic E-state index is -0.382. The van der Waals surface area contributed by atoms with Gasteiger partial charge in [0.25, 0.3) is 0 Å². The smallest absolute Gasteiger partial charge is 0.238 e. The fraction of sp³-hybridized carbons (Fsp3) is 0.304. The van der Waals surface area contributed by atoms with Crippen molar-refractivity contribution >= 4 is 23.2 Å². The lowest BCUT2D eigenvalue weighted by atomic mass is 9.93. The van der Waals surface area contributed by atoms with E-state index in [-0.39, 0.29) is 17.8 Å². The number of hydrogen-bond acceptors (Lipinski definition) is 3. The molecule has 1 aliphatic rings. The molecular formula is C23H28N4O. The lowest BCUT2D eigenvalue weighted by Crippen LogP contribution is -2.40. The SMILES string of the molecule is CCCCCCN1C=CC(C(=O)NC(N)=Nc2ccccc2)c2ccccc21. The second-order valence-electron chi connectivity index (χ2n) is 6.95. The van der Waals surface area contributed by atoms with E-state index in [0.29, 0.717) is 5.69 Å². The second kappa shape index (κ2) is 9.74. The summed E-state index contributed by atoms with van der Waals surface area (Å²) in [7, 11) is 0. The maximum absolute atomic E-state index is 12.8. The zero-order valence-corrected chi connectivity index (χ0v) is 16.3. The number of rotatable bonds is 7. The Balaban J connectivity index is 1.70. The first-order chi connectivity index (χ1) is 13.7. The van der Waals surface area contributed by atoms with Crippen molar-refractivity contribution in [2.24, 2.45) is 10.7 Å². The van der Waals surface area contributed by atoms with Gasteiger partial charge in [-0.05, 0) is 30.2 Å². The van der Waals surface area contributed by atoms with Gasteiger partial charge in [0.15, 0.2) is 0 Å². The molecule has 1 unspecified atom stereocenters. The fourth-order valence-corrected chi connectivity index (χ4v) is 3.39. The number of nitrogens with two attached hydrogens (primary N) is 1. The van der Waals surface area contributed by atoms with Gasteiger partial charge in [0.2, 0.25) is 11.9 Å². The molecule has 5 heteroatoms. The van der Waals surface area contributed by atoms with Gasteiger partial charge >= 0.3 is 0 Å². The highest BCUT2D eigenvalue weighted by Gasteiger charge is 2.26. The van der Waals surface area contributed by atoms with E-state index in [1.54, 1.807) is 0 Å². The highest BCUT2D eigenvalue weighted by atomic mass is 16.2. The molecule has 2 aromatic rings. The van der Waals surface area contributed by atoms with E-state index >= 15 is 0 Å². The van der Waals surface area contributed by atoms with Crippen LogP contribution >= 0.6 is 0 Å². The van der Waals surface area contributed by atoms with Crippen molar-refractivity contribution in [3.63, 3.8) is 0 Å². The van der Waals surface area contributed by atoms with Crippen molar-refractivity contribution in [3.8, 4) is 0 Å². The number of benzene rings is 2. The van der Waals surface area contributed by atoms with E-state index in [0.717, 1.165) is 24.2 Å². The quantitative estimate of drug-likeness (QED) is 0.426. The molecule has 0 saturated heterocycles. The Labute approximate surface area is 167 Å². The summed E-state index contributed by atoms with van der Waals surface area (Å²) in [4.78, 5) is 19.3. The van der Waals surface area contributed by atoms with Crippen LogP contribution in [0.15, 0.2) is 71.9 Å². The van der Waals surface area contributed by atoms with Crippen molar-refractivity contribution < 1.29 is 4.79 Å². The average molecular weight is 377 g/mol. The van der Waals surface area contributed by atoms with Gasteiger partial charge in [-0.1, -0.05) is 68.7 Å². The molecule has 0 radical (unpaired) electrons. The van der Waals surface area contributed by atoms with Gasteiger partial charge in [-0.25, -0.2) is 4.99 Å². The topological polar surface area (TPSA) is 70.7 Å². The number of aliphatic imine (C=N–C) groups is 1.